The van der Waals surface area contributed by atoms with E-state index in [1.54, 1.807) is 6.92 Å². The van der Waals surface area contributed by atoms with E-state index in [0.29, 0.717) is 11.5 Å². The van der Waals surface area contributed by atoms with E-state index in [1.165, 1.54) is 18.4 Å². The van der Waals surface area contributed by atoms with Gasteiger partial charge in [0.1, 0.15) is 0 Å². The second-order valence-electron chi connectivity index (χ2n) is 5.14. The van der Waals surface area contributed by atoms with Crippen LogP contribution in [-0.2, 0) is 4.79 Å². The minimum Gasteiger partial charge on any atom is -0.478 e. The Morgan fingerprint density at radius 1 is 1.50 bits per heavy atom. The molecule has 90 valence electrons. The maximum Gasteiger partial charge on any atom is 0.330 e. The highest BCUT2D eigenvalue weighted by atomic mass is 16.4. The van der Waals surface area contributed by atoms with Crippen molar-refractivity contribution < 1.29 is 9.90 Å². The summed E-state index contributed by atoms with van der Waals surface area (Å²) in [5, 5.41) is 9.00. The molecule has 2 nitrogen and oxygen atoms in total. The van der Waals surface area contributed by atoms with Gasteiger partial charge in [-0.2, -0.15) is 0 Å². The highest BCUT2D eigenvalue weighted by molar-refractivity contribution is 5.86. The number of carbonyl (C=O) groups is 1. The topological polar surface area (TPSA) is 37.3 Å². The fraction of sp³-hybridized carbons (Fsp3) is 0.643. The third-order valence-electron chi connectivity index (χ3n) is 3.82. The SMILES string of the molecule is C=C1CCCCC1(/C=C(\C)C(=O)O)C(C)C. The first-order valence-corrected chi connectivity index (χ1v) is 6.01. The van der Waals surface area contributed by atoms with Crippen LogP contribution in [0.25, 0.3) is 0 Å². The molecule has 0 saturated heterocycles. The van der Waals surface area contributed by atoms with Gasteiger partial charge in [-0.15, -0.1) is 0 Å². The van der Waals surface area contributed by atoms with Gasteiger partial charge >= 0.3 is 5.97 Å². The summed E-state index contributed by atoms with van der Waals surface area (Å²) in [4.78, 5) is 10.9. The van der Waals surface area contributed by atoms with Crippen molar-refractivity contribution in [3.8, 4) is 0 Å². The molecule has 0 aromatic rings. The molecule has 1 fully saturated rings. The van der Waals surface area contributed by atoms with Crippen LogP contribution in [0.2, 0.25) is 0 Å². The standard InChI is InChI=1S/C14H22O2/c1-10(2)14(9-11(3)13(15)16)8-6-5-7-12(14)4/h9-10H,4-8H2,1-3H3,(H,15,16)/b11-9+. The molecule has 1 aliphatic rings. The minimum absolute atomic E-state index is 0.0965. The Balaban J connectivity index is 3.10. The molecule has 0 aromatic carbocycles. The lowest BCUT2D eigenvalue weighted by Gasteiger charge is -2.41. The predicted octanol–water partition coefficient (Wildman–Crippen LogP) is 3.79. The van der Waals surface area contributed by atoms with E-state index in [9.17, 15) is 4.79 Å². The third kappa shape index (κ3) is 2.37. The summed E-state index contributed by atoms with van der Waals surface area (Å²) in [6, 6.07) is 0. The Hall–Kier alpha value is -1.05. The summed E-state index contributed by atoms with van der Waals surface area (Å²) in [5.74, 6) is -0.409. The number of rotatable bonds is 3. The highest BCUT2D eigenvalue weighted by Gasteiger charge is 2.36. The van der Waals surface area contributed by atoms with Crippen LogP contribution in [0.4, 0.5) is 0 Å². The molecule has 0 radical (unpaired) electrons. The van der Waals surface area contributed by atoms with Gasteiger partial charge in [-0.25, -0.2) is 4.79 Å². The zero-order valence-electron chi connectivity index (χ0n) is 10.5. The van der Waals surface area contributed by atoms with Gasteiger partial charge in [-0.3, -0.25) is 0 Å². The summed E-state index contributed by atoms with van der Waals surface area (Å²) in [6.07, 6.45) is 6.35. The second kappa shape index (κ2) is 4.86. The zero-order chi connectivity index (χ0) is 12.3. The molecule has 1 rings (SSSR count). The van der Waals surface area contributed by atoms with Gasteiger partial charge in [0.05, 0.1) is 0 Å². The van der Waals surface area contributed by atoms with Crippen molar-refractivity contribution in [3.63, 3.8) is 0 Å². The lowest BCUT2D eigenvalue weighted by molar-refractivity contribution is -0.132. The van der Waals surface area contributed by atoms with Crippen LogP contribution in [0.5, 0.6) is 0 Å². The monoisotopic (exact) mass is 222 g/mol. The van der Waals surface area contributed by atoms with Crippen LogP contribution in [0.1, 0.15) is 46.5 Å². The van der Waals surface area contributed by atoms with Gasteiger partial charge < -0.3 is 5.11 Å². The summed E-state index contributed by atoms with van der Waals surface area (Å²) < 4.78 is 0. The van der Waals surface area contributed by atoms with Gasteiger partial charge in [0.25, 0.3) is 0 Å². The van der Waals surface area contributed by atoms with E-state index >= 15 is 0 Å². The highest BCUT2D eigenvalue weighted by Crippen LogP contribution is 2.47. The molecule has 0 spiro atoms. The van der Waals surface area contributed by atoms with Crippen molar-refractivity contribution in [1.82, 2.24) is 0 Å². The van der Waals surface area contributed by atoms with Crippen molar-refractivity contribution in [3.05, 3.63) is 23.8 Å². The largest absolute Gasteiger partial charge is 0.478 e. The zero-order valence-corrected chi connectivity index (χ0v) is 10.5. The average molecular weight is 222 g/mol. The van der Waals surface area contributed by atoms with Gasteiger partial charge in [0, 0.05) is 11.0 Å². The van der Waals surface area contributed by atoms with Crippen molar-refractivity contribution in [1.29, 1.82) is 0 Å². The first-order chi connectivity index (χ1) is 7.40. The number of allylic oxidation sites excluding steroid dienone is 2. The van der Waals surface area contributed by atoms with Crippen LogP contribution in [-0.4, -0.2) is 11.1 Å². The molecule has 0 aromatic heterocycles. The normalized spacial score (nSPS) is 27.2. The maximum atomic E-state index is 10.9. The van der Waals surface area contributed by atoms with Crippen molar-refractivity contribution >= 4 is 5.97 Å². The quantitative estimate of drug-likeness (QED) is 0.582. The van der Waals surface area contributed by atoms with Gasteiger partial charge in [0.2, 0.25) is 0 Å². The van der Waals surface area contributed by atoms with E-state index in [0.717, 1.165) is 12.8 Å². The molecule has 16 heavy (non-hydrogen) atoms. The summed E-state index contributed by atoms with van der Waals surface area (Å²) in [5.41, 5.74) is 1.55. The Labute approximate surface area is 98.1 Å². The molecule has 1 saturated carbocycles. The van der Waals surface area contributed by atoms with E-state index in [2.05, 4.69) is 20.4 Å². The van der Waals surface area contributed by atoms with Crippen LogP contribution in [0, 0.1) is 11.3 Å². The fourth-order valence-corrected chi connectivity index (χ4v) is 2.65. The molecule has 0 amide bonds. The Kier molecular flexibility index (Phi) is 3.95. The number of aliphatic carboxylic acids is 1. The molecular formula is C14H22O2. The molecule has 0 heterocycles. The number of carboxylic acid groups (broad SMARTS) is 1. The van der Waals surface area contributed by atoms with Crippen molar-refractivity contribution in [2.45, 2.75) is 46.5 Å². The first-order valence-electron chi connectivity index (χ1n) is 6.01. The maximum absolute atomic E-state index is 10.9. The molecule has 1 unspecified atom stereocenters. The molecular weight excluding hydrogens is 200 g/mol. The fourth-order valence-electron chi connectivity index (χ4n) is 2.65. The molecule has 0 bridgehead atoms. The number of carboxylic acids is 1. The molecule has 1 atom stereocenters. The smallest absolute Gasteiger partial charge is 0.330 e. The van der Waals surface area contributed by atoms with Gasteiger partial charge in [-0.1, -0.05) is 38.5 Å². The first kappa shape index (κ1) is 13.0. The summed E-state index contributed by atoms with van der Waals surface area (Å²) in [7, 11) is 0. The molecule has 0 aliphatic heterocycles. The Morgan fingerprint density at radius 2 is 2.12 bits per heavy atom. The lowest BCUT2D eigenvalue weighted by atomic mass is 9.63. The Bertz CT molecular complexity index is 326. The molecule has 1 N–H and O–H groups in total. The second-order valence-corrected chi connectivity index (χ2v) is 5.14. The average Bonchev–Trinajstić information content (AvgIpc) is 2.20. The van der Waals surface area contributed by atoms with Crippen LogP contribution >= 0.6 is 0 Å². The van der Waals surface area contributed by atoms with Crippen LogP contribution in [0.3, 0.4) is 0 Å². The number of hydrogen-bond acceptors (Lipinski definition) is 1. The lowest BCUT2D eigenvalue weighted by Crippen LogP contribution is -2.30. The van der Waals surface area contributed by atoms with Crippen molar-refractivity contribution in [2.24, 2.45) is 11.3 Å². The predicted molar refractivity (Wildman–Crippen MR) is 66.3 cm³/mol. The molecule has 2 heteroatoms. The summed E-state index contributed by atoms with van der Waals surface area (Å²) >= 11 is 0. The summed E-state index contributed by atoms with van der Waals surface area (Å²) in [6.45, 7) is 10.1. The van der Waals surface area contributed by atoms with E-state index in [1.807, 2.05) is 6.08 Å². The Morgan fingerprint density at radius 3 is 2.56 bits per heavy atom. The van der Waals surface area contributed by atoms with Gasteiger partial charge in [0.15, 0.2) is 0 Å². The van der Waals surface area contributed by atoms with E-state index < -0.39 is 5.97 Å². The van der Waals surface area contributed by atoms with Crippen molar-refractivity contribution in [2.75, 3.05) is 0 Å². The van der Waals surface area contributed by atoms with Crippen LogP contribution < -0.4 is 0 Å². The van der Waals surface area contributed by atoms with E-state index in [-0.39, 0.29) is 5.41 Å². The van der Waals surface area contributed by atoms with E-state index in [4.69, 9.17) is 5.11 Å². The van der Waals surface area contributed by atoms with Gasteiger partial charge in [-0.05, 0) is 32.1 Å². The minimum atomic E-state index is -0.821. The molecule has 1 aliphatic carbocycles. The van der Waals surface area contributed by atoms with Crippen LogP contribution in [0.15, 0.2) is 23.8 Å². The third-order valence-corrected chi connectivity index (χ3v) is 3.82. The number of hydrogen-bond donors (Lipinski definition) is 1.